The number of amides is 2. The number of rotatable bonds is 9. The van der Waals surface area contributed by atoms with Crippen molar-refractivity contribution in [2.45, 2.75) is 56.8 Å². The quantitative estimate of drug-likeness (QED) is 0.272. The summed E-state index contributed by atoms with van der Waals surface area (Å²) >= 11 is 0. The molecule has 4 N–H and O–H groups in total. The standard InChI is InChI=1S/C34H47N9O4/c1-23-22-47-19-18-42(23)32-37-31(38-33(39-32)43-29(20-44)12-13-30(43)21-45)24-4-6-25(7-5-24)35-34(46)36-26-8-10-28(11-9-26)41-16-14-27(15-17-41)40(2)3/h4-11,23,27,29-30,44-45H,12-22H2,1-3H3,(H2,35,36,46)/t23-,29-,30+/m1/s1. The lowest BCUT2D eigenvalue weighted by atomic mass is 10.0. The zero-order valence-corrected chi connectivity index (χ0v) is 27.5. The van der Waals surface area contributed by atoms with E-state index in [4.69, 9.17) is 19.7 Å². The van der Waals surface area contributed by atoms with Gasteiger partial charge in [-0.1, -0.05) is 0 Å². The zero-order chi connectivity index (χ0) is 32.9. The van der Waals surface area contributed by atoms with Crippen LogP contribution in [0.15, 0.2) is 48.5 Å². The Morgan fingerprint density at radius 1 is 0.851 bits per heavy atom. The van der Waals surface area contributed by atoms with Gasteiger partial charge in [0, 0.05) is 48.3 Å². The van der Waals surface area contributed by atoms with E-state index in [0.717, 1.165) is 50.0 Å². The van der Waals surface area contributed by atoms with E-state index in [-0.39, 0.29) is 37.4 Å². The molecule has 4 heterocycles. The van der Waals surface area contributed by atoms with E-state index in [2.05, 4.69) is 58.5 Å². The highest BCUT2D eigenvalue weighted by atomic mass is 16.5. The number of aliphatic hydroxyl groups is 2. The highest BCUT2D eigenvalue weighted by Gasteiger charge is 2.36. The first-order valence-corrected chi connectivity index (χ1v) is 16.6. The van der Waals surface area contributed by atoms with Crippen molar-refractivity contribution < 1.29 is 19.7 Å². The monoisotopic (exact) mass is 645 g/mol. The van der Waals surface area contributed by atoms with Crippen LogP contribution in [-0.2, 0) is 4.74 Å². The molecule has 13 heteroatoms. The van der Waals surface area contributed by atoms with Gasteiger partial charge in [0.2, 0.25) is 11.9 Å². The van der Waals surface area contributed by atoms with Crippen molar-refractivity contribution >= 4 is 35.0 Å². The van der Waals surface area contributed by atoms with Crippen molar-refractivity contribution in [1.29, 1.82) is 0 Å². The van der Waals surface area contributed by atoms with Crippen LogP contribution in [0.2, 0.25) is 0 Å². The molecule has 3 saturated heterocycles. The van der Waals surface area contributed by atoms with Crippen molar-refractivity contribution in [1.82, 2.24) is 19.9 Å². The van der Waals surface area contributed by atoms with E-state index in [1.54, 1.807) is 0 Å². The molecule has 3 aliphatic rings. The predicted octanol–water partition coefficient (Wildman–Crippen LogP) is 3.26. The van der Waals surface area contributed by atoms with Crippen LogP contribution >= 0.6 is 0 Å². The molecule has 3 fully saturated rings. The van der Waals surface area contributed by atoms with E-state index in [1.165, 1.54) is 5.69 Å². The number of carbonyl (C=O) groups is 1. The average Bonchev–Trinajstić information content (AvgIpc) is 3.52. The first kappa shape index (κ1) is 32.9. The maximum atomic E-state index is 12.9. The van der Waals surface area contributed by atoms with Gasteiger partial charge in [-0.25, -0.2) is 4.79 Å². The highest BCUT2D eigenvalue weighted by Crippen LogP contribution is 2.32. The predicted molar refractivity (Wildman–Crippen MR) is 184 cm³/mol. The SMILES string of the molecule is C[C@@H]1COCCN1c1nc(-c2ccc(NC(=O)Nc3ccc(N4CCC(N(C)C)CC4)cc3)cc2)nc(N2[C@H](CO)CC[C@@H]2CO)n1. The Hall–Kier alpha value is -4.04. The summed E-state index contributed by atoms with van der Waals surface area (Å²) in [5.41, 5.74) is 3.27. The number of benzene rings is 2. The summed E-state index contributed by atoms with van der Waals surface area (Å²) in [6.45, 7) is 5.80. The van der Waals surface area contributed by atoms with Gasteiger partial charge in [-0.05, 0) is 95.2 Å². The second-order valence-electron chi connectivity index (χ2n) is 12.9. The molecule has 2 aromatic carbocycles. The molecule has 3 atom stereocenters. The van der Waals surface area contributed by atoms with Gasteiger partial charge < -0.3 is 45.2 Å². The van der Waals surface area contributed by atoms with E-state index in [9.17, 15) is 15.0 Å². The Balaban J connectivity index is 1.14. The normalized spacial score (nSPS) is 22.2. The fourth-order valence-corrected chi connectivity index (χ4v) is 6.79. The molecule has 3 aromatic rings. The number of morpholine rings is 1. The van der Waals surface area contributed by atoms with Crippen LogP contribution in [0.3, 0.4) is 0 Å². The molecule has 0 unspecified atom stereocenters. The first-order chi connectivity index (χ1) is 22.8. The minimum Gasteiger partial charge on any atom is -0.394 e. The van der Waals surface area contributed by atoms with Gasteiger partial charge in [0.05, 0.1) is 44.6 Å². The van der Waals surface area contributed by atoms with Crippen LogP contribution in [-0.4, -0.2) is 120 Å². The first-order valence-electron chi connectivity index (χ1n) is 16.6. The van der Waals surface area contributed by atoms with E-state index in [0.29, 0.717) is 49.2 Å². The summed E-state index contributed by atoms with van der Waals surface area (Å²) in [7, 11) is 4.29. The fraction of sp³-hybridized carbons (Fsp3) is 0.529. The van der Waals surface area contributed by atoms with Crippen LogP contribution in [0.1, 0.15) is 32.6 Å². The molecule has 0 saturated carbocycles. The molecule has 0 aliphatic carbocycles. The van der Waals surface area contributed by atoms with Crippen molar-refractivity contribution in [3.8, 4) is 11.4 Å². The number of aromatic nitrogens is 3. The van der Waals surface area contributed by atoms with Crippen LogP contribution in [0.4, 0.5) is 33.8 Å². The van der Waals surface area contributed by atoms with E-state index < -0.39 is 0 Å². The molecular formula is C34H47N9O4. The number of carbonyl (C=O) groups excluding carboxylic acids is 1. The molecule has 13 nitrogen and oxygen atoms in total. The van der Waals surface area contributed by atoms with Gasteiger partial charge in [0.25, 0.3) is 0 Å². The molecule has 2 amide bonds. The number of anilines is 5. The summed E-state index contributed by atoms with van der Waals surface area (Å²) in [4.78, 5) is 36.1. The van der Waals surface area contributed by atoms with Crippen molar-refractivity contribution in [3.05, 3.63) is 48.5 Å². The van der Waals surface area contributed by atoms with Crippen molar-refractivity contribution in [3.63, 3.8) is 0 Å². The average molecular weight is 646 g/mol. The third-order valence-corrected chi connectivity index (χ3v) is 9.59. The molecule has 3 aliphatic heterocycles. The van der Waals surface area contributed by atoms with Crippen molar-refractivity contribution in [2.75, 3.05) is 85.5 Å². The topological polar surface area (TPSA) is 142 Å². The maximum Gasteiger partial charge on any atom is 0.323 e. The minimum absolute atomic E-state index is 0.0523. The third-order valence-electron chi connectivity index (χ3n) is 9.59. The molecule has 1 aromatic heterocycles. The largest absolute Gasteiger partial charge is 0.394 e. The number of hydrogen-bond donors (Lipinski definition) is 4. The van der Waals surface area contributed by atoms with Gasteiger partial charge in [0.15, 0.2) is 5.82 Å². The van der Waals surface area contributed by atoms with Crippen LogP contribution in [0.5, 0.6) is 0 Å². The van der Waals surface area contributed by atoms with E-state index in [1.807, 2.05) is 41.3 Å². The highest BCUT2D eigenvalue weighted by molar-refractivity contribution is 5.99. The summed E-state index contributed by atoms with van der Waals surface area (Å²) in [5.74, 6) is 1.45. The van der Waals surface area contributed by atoms with Crippen molar-refractivity contribution in [2.24, 2.45) is 0 Å². The second kappa shape index (κ2) is 14.8. The number of urea groups is 1. The number of ether oxygens (including phenoxy) is 1. The lowest BCUT2D eigenvalue weighted by Gasteiger charge is -2.36. The number of aliphatic hydroxyl groups excluding tert-OH is 2. The smallest absolute Gasteiger partial charge is 0.323 e. The van der Waals surface area contributed by atoms with Gasteiger partial charge in [-0.2, -0.15) is 15.0 Å². The number of nitrogens with one attached hydrogen (secondary N) is 2. The Labute approximate surface area is 276 Å². The maximum absolute atomic E-state index is 12.9. The van der Waals surface area contributed by atoms with Crippen LogP contribution < -0.4 is 25.3 Å². The van der Waals surface area contributed by atoms with Crippen LogP contribution in [0, 0.1) is 0 Å². The number of nitrogens with zero attached hydrogens (tertiary/aromatic N) is 7. The Kier molecular flexibility index (Phi) is 10.4. The second-order valence-corrected chi connectivity index (χ2v) is 12.9. The third kappa shape index (κ3) is 7.59. The van der Waals surface area contributed by atoms with E-state index >= 15 is 0 Å². The lowest BCUT2D eigenvalue weighted by molar-refractivity contribution is 0.0981. The molecule has 0 radical (unpaired) electrons. The summed E-state index contributed by atoms with van der Waals surface area (Å²) in [5, 5.41) is 26.0. The molecule has 252 valence electrons. The minimum atomic E-state index is -0.331. The number of piperidine rings is 1. The fourth-order valence-electron chi connectivity index (χ4n) is 6.79. The summed E-state index contributed by atoms with van der Waals surface area (Å²) < 4.78 is 5.64. The van der Waals surface area contributed by atoms with Gasteiger partial charge in [0.1, 0.15) is 0 Å². The molecule has 6 rings (SSSR count). The summed E-state index contributed by atoms with van der Waals surface area (Å²) in [6.07, 6.45) is 3.77. The Morgan fingerprint density at radius 2 is 1.45 bits per heavy atom. The Bertz CT molecular complexity index is 1470. The van der Waals surface area contributed by atoms with Gasteiger partial charge >= 0.3 is 6.03 Å². The van der Waals surface area contributed by atoms with Gasteiger partial charge in [-0.3, -0.25) is 0 Å². The molecule has 0 spiro atoms. The molecule has 47 heavy (non-hydrogen) atoms. The zero-order valence-electron chi connectivity index (χ0n) is 27.5. The molecular weight excluding hydrogens is 598 g/mol. The number of hydrogen-bond acceptors (Lipinski definition) is 11. The van der Waals surface area contributed by atoms with Gasteiger partial charge in [-0.15, -0.1) is 0 Å². The lowest BCUT2D eigenvalue weighted by Crippen LogP contribution is -2.45. The summed E-state index contributed by atoms with van der Waals surface area (Å²) in [6, 6.07) is 15.4. The van der Waals surface area contributed by atoms with Crippen LogP contribution in [0.25, 0.3) is 11.4 Å². The molecule has 0 bridgehead atoms. The Morgan fingerprint density at radius 3 is 2.02 bits per heavy atom.